The second-order valence-corrected chi connectivity index (χ2v) is 15.3. The fraction of sp³-hybridized carbons (Fsp3) is 0.439. The molecular formula is C41H48ClN5O5. The zero-order chi connectivity index (χ0) is 36.4. The Bertz CT molecular complexity index is 1910. The molecular weight excluding hydrogens is 678 g/mol. The van der Waals surface area contributed by atoms with Crippen LogP contribution in [0.5, 0.6) is 11.5 Å². The van der Waals surface area contributed by atoms with Gasteiger partial charge in [-0.15, -0.1) is 0 Å². The first kappa shape index (κ1) is 35.8. The molecule has 0 saturated carbocycles. The molecule has 3 fully saturated rings. The summed E-state index contributed by atoms with van der Waals surface area (Å²) in [7, 11) is 1.56. The van der Waals surface area contributed by atoms with Gasteiger partial charge in [-0.2, -0.15) is 0 Å². The zero-order valence-corrected chi connectivity index (χ0v) is 30.9. The van der Waals surface area contributed by atoms with Crippen LogP contribution >= 0.6 is 11.6 Å². The number of nitrogens with one attached hydrogen (secondary N) is 2. The number of amides is 3. The number of carbonyl (C=O) groups is 3. The third-order valence-electron chi connectivity index (χ3n) is 10.8. The van der Waals surface area contributed by atoms with Crippen molar-refractivity contribution in [3.8, 4) is 11.5 Å². The highest BCUT2D eigenvalue weighted by Crippen LogP contribution is 2.38. The summed E-state index contributed by atoms with van der Waals surface area (Å²) in [5.41, 5.74) is 3.53. The summed E-state index contributed by atoms with van der Waals surface area (Å²) in [4.78, 5) is 51.6. The zero-order valence-electron chi connectivity index (χ0n) is 30.1. The van der Waals surface area contributed by atoms with Crippen LogP contribution in [0.2, 0.25) is 5.02 Å². The Kier molecular flexibility index (Phi) is 10.8. The van der Waals surface area contributed by atoms with E-state index in [9.17, 15) is 14.4 Å². The fourth-order valence-electron chi connectivity index (χ4n) is 8.30. The highest BCUT2D eigenvalue weighted by atomic mass is 35.5. The number of aromatic amines is 1. The second-order valence-electron chi connectivity index (χ2n) is 14.8. The molecule has 0 aliphatic carbocycles. The van der Waals surface area contributed by atoms with Crippen LogP contribution in [0, 0.1) is 17.8 Å². The molecule has 3 saturated heterocycles. The Morgan fingerprint density at radius 2 is 1.75 bits per heavy atom. The molecule has 3 amide bonds. The summed E-state index contributed by atoms with van der Waals surface area (Å²) in [6.07, 6.45) is 3.94. The number of fused-ring (bicyclic) bond motifs is 2. The molecule has 4 unspecified atom stereocenters. The van der Waals surface area contributed by atoms with Crippen LogP contribution in [0.1, 0.15) is 48.2 Å². The maximum atomic E-state index is 14.3. The normalized spacial score (nSPS) is 22.0. The number of aromatic nitrogens is 1. The minimum Gasteiger partial charge on any atom is -0.493 e. The fourth-order valence-corrected chi connectivity index (χ4v) is 8.48. The van der Waals surface area contributed by atoms with Crippen molar-refractivity contribution in [2.75, 3.05) is 46.4 Å². The monoisotopic (exact) mass is 725 g/mol. The lowest BCUT2D eigenvalue weighted by Gasteiger charge is -2.41. The minimum absolute atomic E-state index is 0.0192. The Labute approximate surface area is 310 Å². The molecule has 0 spiro atoms. The van der Waals surface area contributed by atoms with Gasteiger partial charge in [0.05, 0.1) is 25.6 Å². The van der Waals surface area contributed by atoms with Gasteiger partial charge < -0.3 is 29.6 Å². The molecule has 3 aromatic carbocycles. The number of H-pyrrole nitrogens is 1. The maximum Gasteiger partial charge on any atom is 0.254 e. The number of hydrogen-bond donors (Lipinski definition) is 2. The summed E-state index contributed by atoms with van der Waals surface area (Å²) in [6.45, 7) is 8.21. The summed E-state index contributed by atoms with van der Waals surface area (Å²) < 4.78 is 11.4. The van der Waals surface area contributed by atoms with Crippen molar-refractivity contribution in [3.63, 3.8) is 0 Å². The number of nitrogens with zero attached hydrogens (tertiary/aromatic N) is 3. The van der Waals surface area contributed by atoms with Crippen LogP contribution < -0.4 is 14.8 Å². The average molecular weight is 726 g/mol. The predicted molar refractivity (Wildman–Crippen MR) is 202 cm³/mol. The van der Waals surface area contributed by atoms with Gasteiger partial charge in [0.2, 0.25) is 11.8 Å². The SMILES string of the molecule is COc1cc(C(=O)N2CC3CN(C(=O)Cc4c[nH]c5cc(Cl)ccc45)CC(C(=O)NC4CCCN(Cc5ccccc5)C4)C3C2)ccc1OC(C)C. The van der Waals surface area contributed by atoms with Gasteiger partial charge in [0.15, 0.2) is 11.5 Å². The van der Waals surface area contributed by atoms with Crippen molar-refractivity contribution < 1.29 is 23.9 Å². The summed E-state index contributed by atoms with van der Waals surface area (Å²) >= 11 is 6.20. The Morgan fingerprint density at radius 3 is 2.54 bits per heavy atom. The number of piperidine rings is 2. The van der Waals surface area contributed by atoms with Crippen LogP contribution in [-0.4, -0.2) is 95.9 Å². The number of halogens is 1. The lowest BCUT2D eigenvalue weighted by molar-refractivity contribution is -0.138. The lowest BCUT2D eigenvalue weighted by atomic mass is 9.79. The van der Waals surface area contributed by atoms with E-state index in [1.165, 1.54) is 5.56 Å². The molecule has 7 rings (SSSR count). The number of rotatable bonds is 10. The molecule has 11 heteroatoms. The van der Waals surface area contributed by atoms with Crippen LogP contribution in [0.4, 0.5) is 0 Å². The van der Waals surface area contributed by atoms with E-state index in [-0.39, 0.29) is 48.1 Å². The summed E-state index contributed by atoms with van der Waals surface area (Å²) in [6, 6.07) is 21.3. The summed E-state index contributed by atoms with van der Waals surface area (Å²) in [5, 5.41) is 4.98. The number of benzene rings is 3. The van der Waals surface area contributed by atoms with Crippen molar-refractivity contribution in [1.29, 1.82) is 0 Å². The topological polar surface area (TPSA) is 107 Å². The minimum atomic E-state index is -0.442. The molecule has 52 heavy (non-hydrogen) atoms. The molecule has 3 aliphatic heterocycles. The Morgan fingerprint density at radius 1 is 0.942 bits per heavy atom. The van der Waals surface area contributed by atoms with Crippen LogP contribution in [0.15, 0.2) is 72.9 Å². The van der Waals surface area contributed by atoms with Crippen LogP contribution in [0.25, 0.3) is 10.9 Å². The average Bonchev–Trinajstić information content (AvgIpc) is 3.75. The van der Waals surface area contributed by atoms with E-state index in [1.54, 1.807) is 25.3 Å². The van der Waals surface area contributed by atoms with Crippen LogP contribution in [-0.2, 0) is 22.6 Å². The highest BCUT2D eigenvalue weighted by Gasteiger charge is 2.48. The molecule has 0 radical (unpaired) electrons. The molecule has 2 N–H and O–H groups in total. The van der Waals surface area contributed by atoms with Crippen molar-refractivity contribution in [3.05, 3.63) is 94.6 Å². The number of methoxy groups -OCH3 is 1. The van der Waals surface area contributed by atoms with Crippen LogP contribution in [0.3, 0.4) is 0 Å². The first-order valence-electron chi connectivity index (χ1n) is 18.4. The summed E-state index contributed by atoms with van der Waals surface area (Å²) in [5.74, 6) is 0.339. The standard InChI is InChI=1S/C41H48ClN5O5/c1-26(2)52-37-14-11-28(16-38(37)51-3)41(50)47-22-30-21-46(39(48)17-29-19-43-36-18-31(42)12-13-33(29)36)25-35(34(30)24-47)40(49)44-32-10-7-15-45(23-32)20-27-8-5-4-6-9-27/h4-6,8-9,11-14,16,18-19,26,30,32,34-35,43H,7,10,15,17,20-25H2,1-3H3,(H,44,49). The third-order valence-corrected chi connectivity index (χ3v) is 11.0. The van der Waals surface area contributed by atoms with Gasteiger partial charge in [0.1, 0.15) is 0 Å². The Balaban J connectivity index is 1.09. The van der Waals surface area contributed by atoms with Crippen molar-refractivity contribution in [1.82, 2.24) is 25.0 Å². The van der Waals surface area contributed by atoms with E-state index < -0.39 is 5.92 Å². The largest absolute Gasteiger partial charge is 0.493 e. The number of carbonyl (C=O) groups excluding carboxylic acids is 3. The molecule has 0 bridgehead atoms. The molecule has 4 aromatic rings. The molecule has 1 aromatic heterocycles. The predicted octanol–water partition coefficient (Wildman–Crippen LogP) is 5.79. The van der Waals surface area contributed by atoms with E-state index in [0.717, 1.165) is 48.9 Å². The van der Waals surface area contributed by atoms with Gasteiger partial charge in [0, 0.05) is 73.0 Å². The van der Waals surface area contributed by atoms with Gasteiger partial charge >= 0.3 is 0 Å². The third kappa shape index (κ3) is 7.93. The van der Waals surface area contributed by atoms with Gasteiger partial charge in [-0.1, -0.05) is 48.0 Å². The Hall–Kier alpha value is -4.54. The number of hydrogen-bond acceptors (Lipinski definition) is 6. The molecule has 3 aliphatic rings. The highest BCUT2D eigenvalue weighted by molar-refractivity contribution is 6.31. The smallest absolute Gasteiger partial charge is 0.254 e. The van der Waals surface area contributed by atoms with Gasteiger partial charge in [-0.3, -0.25) is 19.3 Å². The van der Waals surface area contributed by atoms with Gasteiger partial charge in [-0.25, -0.2) is 0 Å². The van der Waals surface area contributed by atoms with E-state index in [2.05, 4.69) is 39.5 Å². The van der Waals surface area contributed by atoms with Gasteiger partial charge in [0.25, 0.3) is 5.91 Å². The number of likely N-dealkylation sites (tertiary alicyclic amines) is 3. The van der Waals surface area contributed by atoms with E-state index in [0.29, 0.717) is 48.3 Å². The van der Waals surface area contributed by atoms with Crippen molar-refractivity contribution in [2.45, 2.75) is 51.8 Å². The molecule has 10 nitrogen and oxygen atoms in total. The second kappa shape index (κ2) is 15.6. The first-order chi connectivity index (χ1) is 25.1. The van der Waals surface area contributed by atoms with E-state index in [1.807, 2.05) is 54.1 Å². The van der Waals surface area contributed by atoms with Gasteiger partial charge in [-0.05, 0) is 86.5 Å². The van der Waals surface area contributed by atoms with E-state index >= 15 is 0 Å². The lowest BCUT2D eigenvalue weighted by Crippen LogP contribution is -2.56. The van der Waals surface area contributed by atoms with Crippen molar-refractivity contribution in [2.24, 2.45) is 17.8 Å². The van der Waals surface area contributed by atoms with E-state index in [4.69, 9.17) is 21.1 Å². The first-order valence-corrected chi connectivity index (χ1v) is 18.8. The number of ether oxygens (including phenoxy) is 2. The van der Waals surface area contributed by atoms with Crippen molar-refractivity contribution >= 4 is 40.2 Å². The molecule has 4 atom stereocenters. The quantitative estimate of drug-likeness (QED) is 0.215. The molecule has 4 heterocycles. The maximum absolute atomic E-state index is 14.3. The molecule has 274 valence electrons.